The zero-order valence-electron chi connectivity index (χ0n) is 8.66. The van der Waals surface area contributed by atoms with Gasteiger partial charge in [0.1, 0.15) is 6.10 Å². The summed E-state index contributed by atoms with van der Waals surface area (Å²) >= 11 is 0. The van der Waals surface area contributed by atoms with Crippen LogP contribution in [0.5, 0.6) is 0 Å². The Balaban J connectivity index is 3.63. The van der Waals surface area contributed by atoms with Crippen LogP contribution in [0.1, 0.15) is 33.6 Å². The van der Waals surface area contributed by atoms with Crippen molar-refractivity contribution in [3.05, 3.63) is 0 Å². The minimum Gasteiger partial charge on any atom is -0.409 e. The average Bonchev–Trinajstić information content (AvgIpc) is 2.13. The van der Waals surface area contributed by atoms with Crippen molar-refractivity contribution in [2.24, 2.45) is 16.8 Å². The van der Waals surface area contributed by atoms with Crippen molar-refractivity contribution in [1.82, 2.24) is 0 Å². The largest absolute Gasteiger partial charge is 0.409 e. The van der Waals surface area contributed by atoms with E-state index in [1.807, 2.05) is 0 Å². The highest BCUT2D eigenvalue weighted by molar-refractivity contribution is 5.83. The summed E-state index contributed by atoms with van der Waals surface area (Å²) in [6.07, 6.45) is 2.00. The second-order valence-electron chi connectivity index (χ2n) is 3.39. The van der Waals surface area contributed by atoms with E-state index in [4.69, 9.17) is 15.7 Å². The molecule has 3 N–H and O–H groups in total. The lowest BCUT2D eigenvalue weighted by atomic mass is 10.1. The topological polar surface area (TPSA) is 67.8 Å². The second-order valence-corrected chi connectivity index (χ2v) is 3.39. The van der Waals surface area contributed by atoms with Crippen LogP contribution in [-0.4, -0.2) is 23.8 Å². The van der Waals surface area contributed by atoms with Crippen LogP contribution in [0.3, 0.4) is 0 Å². The Hall–Kier alpha value is -0.770. The van der Waals surface area contributed by atoms with Crippen molar-refractivity contribution in [3.8, 4) is 0 Å². The molecular weight excluding hydrogens is 168 g/mol. The Morgan fingerprint density at radius 3 is 2.62 bits per heavy atom. The molecule has 0 aromatic heterocycles. The molecule has 0 aliphatic heterocycles. The molecule has 4 nitrogen and oxygen atoms in total. The zero-order chi connectivity index (χ0) is 10.3. The average molecular weight is 188 g/mol. The third-order valence-electron chi connectivity index (χ3n) is 1.94. The summed E-state index contributed by atoms with van der Waals surface area (Å²) in [5, 5.41) is 11.2. The molecule has 0 saturated heterocycles. The third-order valence-corrected chi connectivity index (χ3v) is 1.94. The van der Waals surface area contributed by atoms with E-state index in [0.29, 0.717) is 12.5 Å². The smallest absolute Gasteiger partial charge is 0.168 e. The fraction of sp³-hybridized carbons (Fsp3) is 0.889. The van der Waals surface area contributed by atoms with Gasteiger partial charge in [0.05, 0.1) is 6.61 Å². The molecule has 0 aromatic carbocycles. The van der Waals surface area contributed by atoms with Gasteiger partial charge in [-0.3, -0.25) is 0 Å². The molecule has 0 fully saturated rings. The number of amidine groups is 1. The van der Waals surface area contributed by atoms with Crippen LogP contribution in [0.2, 0.25) is 0 Å². The minimum atomic E-state index is -0.302. The molecule has 0 heterocycles. The Bertz CT molecular complexity index is 160. The lowest BCUT2D eigenvalue weighted by Crippen LogP contribution is -2.30. The van der Waals surface area contributed by atoms with Crippen molar-refractivity contribution >= 4 is 5.84 Å². The van der Waals surface area contributed by atoms with Gasteiger partial charge in [0.2, 0.25) is 0 Å². The van der Waals surface area contributed by atoms with Gasteiger partial charge in [-0.15, -0.1) is 0 Å². The fourth-order valence-electron chi connectivity index (χ4n) is 1.05. The SMILES string of the molecule is CCCC(C)COC(C)C(N)=NO. The summed E-state index contributed by atoms with van der Waals surface area (Å²) in [4.78, 5) is 0. The molecule has 13 heavy (non-hydrogen) atoms. The maximum atomic E-state index is 8.36. The Morgan fingerprint density at radius 1 is 1.54 bits per heavy atom. The highest BCUT2D eigenvalue weighted by Crippen LogP contribution is 2.06. The second kappa shape index (κ2) is 6.71. The first kappa shape index (κ1) is 12.2. The summed E-state index contributed by atoms with van der Waals surface area (Å²) in [5.41, 5.74) is 5.35. The van der Waals surface area contributed by atoms with Gasteiger partial charge < -0.3 is 15.7 Å². The number of rotatable bonds is 6. The molecule has 2 atom stereocenters. The molecule has 0 radical (unpaired) electrons. The third kappa shape index (κ3) is 5.47. The van der Waals surface area contributed by atoms with Crippen LogP contribution in [0.4, 0.5) is 0 Å². The van der Waals surface area contributed by atoms with E-state index < -0.39 is 0 Å². The van der Waals surface area contributed by atoms with Crippen molar-refractivity contribution in [2.45, 2.75) is 39.7 Å². The number of ether oxygens (including phenoxy) is 1. The summed E-state index contributed by atoms with van der Waals surface area (Å²) < 4.78 is 5.39. The molecule has 0 saturated carbocycles. The molecule has 0 spiro atoms. The van der Waals surface area contributed by atoms with Crippen molar-refractivity contribution < 1.29 is 9.94 Å². The highest BCUT2D eigenvalue weighted by Gasteiger charge is 2.09. The molecule has 0 aromatic rings. The normalized spacial score (nSPS) is 17.0. The predicted molar refractivity (Wildman–Crippen MR) is 52.9 cm³/mol. The Kier molecular flexibility index (Phi) is 6.32. The number of hydrogen-bond acceptors (Lipinski definition) is 3. The molecule has 0 amide bonds. The number of oxime groups is 1. The molecular formula is C9H20N2O2. The number of nitrogens with zero attached hydrogens (tertiary/aromatic N) is 1. The van der Waals surface area contributed by atoms with Gasteiger partial charge in [-0.2, -0.15) is 0 Å². The van der Waals surface area contributed by atoms with E-state index >= 15 is 0 Å². The molecule has 0 aliphatic rings. The fourth-order valence-corrected chi connectivity index (χ4v) is 1.05. The van der Waals surface area contributed by atoms with E-state index in [1.165, 1.54) is 0 Å². The van der Waals surface area contributed by atoms with Crippen LogP contribution in [0, 0.1) is 5.92 Å². The molecule has 2 unspecified atom stereocenters. The highest BCUT2D eigenvalue weighted by atomic mass is 16.5. The van der Waals surface area contributed by atoms with E-state index in [9.17, 15) is 0 Å². The quantitative estimate of drug-likeness (QED) is 0.288. The van der Waals surface area contributed by atoms with Crippen LogP contribution in [-0.2, 0) is 4.74 Å². The first-order valence-corrected chi connectivity index (χ1v) is 4.70. The van der Waals surface area contributed by atoms with Gasteiger partial charge >= 0.3 is 0 Å². The van der Waals surface area contributed by atoms with Crippen molar-refractivity contribution in [3.63, 3.8) is 0 Å². The van der Waals surface area contributed by atoms with E-state index in [2.05, 4.69) is 19.0 Å². The maximum Gasteiger partial charge on any atom is 0.168 e. The molecule has 0 bridgehead atoms. The molecule has 78 valence electrons. The Labute approximate surface area is 79.8 Å². The van der Waals surface area contributed by atoms with Gasteiger partial charge in [-0.05, 0) is 19.3 Å². The predicted octanol–water partition coefficient (Wildman–Crippen LogP) is 1.57. The Morgan fingerprint density at radius 2 is 2.15 bits per heavy atom. The lowest BCUT2D eigenvalue weighted by molar-refractivity contribution is 0.0773. The van der Waals surface area contributed by atoms with Crippen molar-refractivity contribution in [2.75, 3.05) is 6.61 Å². The van der Waals surface area contributed by atoms with Crippen LogP contribution in [0.15, 0.2) is 5.16 Å². The van der Waals surface area contributed by atoms with Crippen LogP contribution in [0.25, 0.3) is 0 Å². The summed E-state index contributed by atoms with van der Waals surface area (Å²) in [5.74, 6) is 0.655. The summed E-state index contributed by atoms with van der Waals surface area (Å²) in [6.45, 7) is 6.70. The minimum absolute atomic E-state index is 0.128. The summed E-state index contributed by atoms with van der Waals surface area (Å²) in [7, 11) is 0. The van der Waals surface area contributed by atoms with E-state index in [1.54, 1.807) is 6.92 Å². The number of nitrogens with two attached hydrogens (primary N) is 1. The van der Waals surface area contributed by atoms with Crippen LogP contribution >= 0.6 is 0 Å². The number of hydrogen-bond donors (Lipinski definition) is 2. The standard InChI is InChI=1S/C9H20N2O2/c1-4-5-7(2)6-13-8(3)9(10)11-12/h7-8,12H,4-6H2,1-3H3,(H2,10,11). The van der Waals surface area contributed by atoms with Gasteiger partial charge in [-0.1, -0.05) is 25.4 Å². The van der Waals surface area contributed by atoms with E-state index in [-0.39, 0.29) is 11.9 Å². The zero-order valence-corrected chi connectivity index (χ0v) is 8.66. The molecule has 0 aliphatic carbocycles. The van der Waals surface area contributed by atoms with Crippen LogP contribution < -0.4 is 5.73 Å². The van der Waals surface area contributed by atoms with Gasteiger partial charge in [0, 0.05) is 0 Å². The van der Waals surface area contributed by atoms with Gasteiger partial charge in [0.15, 0.2) is 5.84 Å². The first-order valence-electron chi connectivity index (χ1n) is 4.70. The summed E-state index contributed by atoms with van der Waals surface area (Å²) in [6, 6.07) is 0. The van der Waals surface area contributed by atoms with E-state index in [0.717, 1.165) is 12.8 Å². The first-order chi connectivity index (χ1) is 6.11. The monoisotopic (exact) mass is 188 g/mol. The van der Waals surface area contributed by atoms with Crippen molar-refractivity contribution in [1.29, 1.82) is 0 Å². The molecule has 0 rings (SSSR count). The van der Waals surface area contributed by atoms with Gasteiger partial charge in [0.25, 0.3) is 0 Å². The van der Waals surface area contributed by atoms with Gasteiger partial charge in [-0.25, -0.2) is 0 Å². The maximum absolute atomic E-state index is 8.36. The lowest BCUT2D eigenvalue weighted by Gasteiger charge is -2.15. The molecule has 4 heteroatoms.